The van der Waals surface area contributed by atoms with E-state index in [0.717, 1.165) is 16.9 Å². The Morgan fingerprint density at radius 1 is 1.25 bits per heavy atom. The molecule has 0 atom stereocenters. The van der Waals surface area contributed by atoms with Crippen LogP contribution in [0.15, 0.2) is 39.5 Å². The number of carbonyl (C=O) groups excluding carboxylic acids is 1. The van der Waals surface area contributed by atoms with Crippen LogP contribution in [-0.2, 0) is 26.1 Å². The van der Waals surface area contributed by atoms with Crippen LogP contribution in [0.5, 0.6) is 0 Å². The van der Waals surface area contributed by atoms with E-state index in [-0.39, 0.29) is 34.9 Å². The Bertz CT molecular complexity index is 1310. The van der Waals surface area contributed by atoms with E-state index in [0.29, 0.717) is 39.8 Å². The molecule has 0 saturated carbocycles. The first-order valence-corrected chi connectivity index (χ1v) is 13.4. The second-order valence-electron chi connectivity index (χ2n) is 7.33. The monoisotopic (exact) mass is 517 g/mol. The molecule has 1 aliphatic heterocycles. The number of amides is 1. The van der Waals surface area contributed by atoms with Crippen molar-refractivity contribution in [2.45, 2.75) is 23.6 Å². The summed E-state index contributed by atoms with van der Waals surface area (Å²) in [4.78, 5) is 17.7. The van der Waals surface area contributed by atoms with Crippen molar-refractivity contribution in [3.05, 3.63) is 45.3 Å². The molecular formula is C20H21ClFN3O4S3. The molecule has 7 nitrogen and oxygen atoms in total. The van der Waals surface area contributed by atoms with E-state index in [9.17, 15) is 17.6 Å². The van der Waals surface area contributed by atoms with Crippen LogP contribution < -0.4 is 4.80 Å². The molecule has 0 radical (unpaired) electrons. The molecule has 32 heavy (non-hydrogen) atoms. The summed E-state index contributed by atoms with van der Waals surface area (Å²) >= 11 is 8.15. The highest BCUT2D eigenvalue weighted by Crippen LogP contribution is 2.30. The largest absolute Gasteiger partial charge is 0.383 e. The molecule has 3 heterocycles. The van der Waals surface area contributed by atoms with E-state index < -0.39 is 10.0 Å². The third-order valence-corrected chi connectivity index (χ3v) is 9.95. The van der Waals surface area contributed by atoms with Crippen molar-refractivity contribution in [3.63, 3.8) is 0 Å². The number of thiazole rings is 1. The van der Waals surface area contributed by atoms with Gasteiger partial charge in [-0.25, -0.2) is 12.8 Å². The first-order valence-electron chi connectivity index (χ1n) is 9.91. The number of benzene rings is 1. The number of hydrogen-bond donors (Lipinski definition) is 0. The molecule has 1 aromatic carbocycles. The maximum absolute atomic E-state index is 13.7. The minimum absolute atomic E-state index is 0.202. The Labute approximate surface area is 197 Å². The molecule has 3 aromatic rings. The third-order valence-electron chi connectivity index (χ3n) is 5.32. The highest BCUT2D eigenvalue weighted by Gasteiger charge is 2.33. The van der Waals surface area contributed by atoms with Crippen molar-refractivity contribution >= 4 is 60.4 Å². The van der Waals surface area contributed by atoms with Gasteiger partial charge in [0.2, 0.25) is 0 Å². The van der Waals surface area contributed by atoms with Crippen LogP contribution in [0.2, 0.25) is 4.34 Å². The number of carbonyl (C=O) groups is 1. The van der Waals surface area contributed by atoms with Gasteiger partial charge in [-0.2, -0.15) is 9.30 Å². The summed E-state index contributed by atoms with van der Waals surface area (Å²) in [5, 5.41) is 0. The Kier molecular flexibility index (Phi) is 7.13. The summed E-state index contributed by atoms with van der Waals surface area (Å²) in [5.41, 5.74) is 0.788. The summed E-state index contributed by atoms with van der Waals surface area (Å²) in [6.45, 7) is 1.39. The summed E-state index contributed by atoms with van der Waals surface area (Å²) in [6.07, 6.45) is 0.774. The van der Waals surface area contributed by atoms with Crippen molar-refractivity contribution in [1.29, 1.82) is 0 Å². The quantitative estimate of drug-likeness (QED) is 0.499. The molecule has 0 bridgehead atoms. The fourth-order valence-corrected chi connectivity index (χ4v) is 7.82. The maximum Gasteiger partial charge on any atom is 0.252 e. The average Bonchev–Trinajstić information content (AvgIpc) is 3.35. The van der Waals surface area contributed by atoms with E-state index in [2.05, 4.69) is 4.99 Å². The average molecular weight is 518 g/mol. The normalized spacial score (nSPS) is 16.8. The lowest BCUT2D eigenvalue weighted by atomic mass is 9.98. The zero-order valence-corrected chi connectivity index (χ0v) is 20.4. The molecular weight excluding hydrogens is 497 g/mol. The number of fused-ring (bicyclic) bond motifs is 1. The highest BCUT2D eigenvalue weighted by atomic mass is 35.5. The molecule has 2 aromatic heterocycles. The number of nitrogens with zero attached hydrogens (tertiary/aromatic N) is 3. The molecule has 1 fully saturated rings. The Balaban J connectivity index is 1.53. The SMILES string of the molecule is COCCn1c(=NC(=O)C2CCN(S(=O)(=O)c3ccc(Cl)s3)CC2)sc2cc(F)ccc21. The summed E-state index contributed by atoms with van der Waals surface area (Å²) < 4.78 is 48.9. The molecule has 1 aliphatic rings. The first kappa shape index (κ1) is 23.5. The summed E-state index contributed by atoms with van der Waals surface area (Å²) in [7, 11) is -2.03. The summed E-state index contributed by atoms with van der Waals surface area (Å²) in [5.74, 6) is -1.01. The molecule has 0 aliphatic carbocycles. The molecule has 4 rings (SSSR count). The van der Waals surface area contributed by atoms with Crippen molar-refractivity contribution in [3.8, 4) is 0 Å². The van der Waals surface area contributed by atoms with Crippen LogP contribution in [0.3, 0.4) is 0 Å². The number of methoxy groups -OCH3 is 1. The number of piperidine rings is 1. The molecule has 12 heteroatoms. The van der Waals surface area contributed by atoms with Gasteiger partial charge >= 0.3 is 0 Å². The van der Waals surface area contributed by atoms with Crippen molar-refractivity contribution in [2.75, 3.05) is 26.8 Å². The lowest BCUT2D eigenvalue weighted by Gasteiger charge is -2.29. The van der Waals surface area contributed by atoms with Crippen molar-refractivity contribution < 1.29 is 22.3 Å². The van der Waals surface area contributed by atoms with Gasteiger partial charge in [-0.15, -0.1) is 11.3 Å². The van der Waals surface area contributed by atoms with Crippen LogP contribution in [0.1, 0.15) is 12.8 Å². The third kappa shape index (κ3) is 4.82. The van der Waals surface area contributed by atoms with E-state index in [1.165, 1.54) is 33.8 Å². The van der Waals surface area contributed by atoms with Gasteiger partial charge in [-0.3, -0.25) is 4.79 Å². The van der Waals surface area contributed by atoms with Gasteiger partial charge in [0, 0.05) is 32.7 Å². The molecule has 172 valence electrons. The highest BCUT2D eigenvalue weighted by molar-refractivity contribution is 7.91. The van der Waals surface area contributed by atoms with Gasteiger partial charge in [-0.1, -0.05) is 22.9 Å². The van der Waals surface area contributed by atoms with Gasteiger partial charge in [0.15, 0.2) is 4.80 Å². The maximum atomic E-state index is 13.7. The van der Waals surface area contributed by atoms with Crippen molar-refractivity contribution in [1.82, 2.24) is 8.87 Å². The number of ether oxygens (including phenoxy) is 1. The van der Waals surface area contributed by atoms with Gasteiger partial charge in [0.25, 0.3) is 15.9 Å². The van der Waals surface area contributed by atoms with Gasteiger partial charge < -0.3 is 9.30 Å². The van der Waals surface area contributed by atoms with Crippen LogP contribution >= 0.6 is 34.3 Å². The number of sulfonamides is 1. The first-order chi connectivity index (χ1) is 15.3. The van der Waals surface area contributed by atoms with Crippen molar-refractivity contribution in [2.24, 2.45) is 10.9 Å². The van der Waals surface area contributed by atoms with E-state index in [1.807, 2.05) is 4.57 Å². The Hall–Kier alpha value is -1.63. The van der Waals surface area contributed by atoms with E-state index in [1.54, 1.807) is 19.2 Å². The summed E-state index contributed by atoms with van der Waals surface area (Å²) in [6, 6.07) is 7.52. The fraction of sp³-hybridized carbons (Fsp3) is 0.400. The van der Waals surface area contributed by atoms with Gasteiger partial charge in [0.1, 0.15) is 10.0 Å². The lowest BCUT2D eigenvalue weighted by molar-refractivity contribution is -0.122. The van der Waals surface area contributed by atoms with Crippen LogP contribution in [0.25, 0.3) is 10.2 Å². The zero-order chi connectivity index (χ0) is 22.9. The fourth-order valence-electron chi connectivity index (χ4n) is 3.62. The van der Waals surface area contributed by atoms with Crippen LogP contribution in [0.4, 0.5) is 4.39 Å². The Morgan fingerprint density at radius 3 is 2.66 bits per heavy atom. The second-order valence-corrected chi connectivity index (χ2v) is 12.2. The van der Waals surface area contributed by atoms with E-state index in [4.69, 9.17) is 16.3 Å². The topological polar surface area (TPSA) is 81.0 Å². The number of hydrogen-bond acceptors (Lipinski definition) is 6. The predicted molar refractivity (Wildman–Crippen MR) is 123 cm³/mol. The number of aromatic nitrogens is 1. The number of thiophene rings is 1. The minimum atomic E-state index is -3.61. The molecule has 0 N–H and O–H groups in total. The Morgan fingerprint density at radius 2 is 2.00 bits per heavy atom. The number of rotatable bonds is 6. The number of halogens is 2. The molecule has 1 amide bonds. The van der Waals surface area contributed by atoms with Crippen LogP contribution in [-0.4, -0.2) is 50.0 Å². The predicted octanol–water partition coefficient (Wildman–Crippen LogP) is 3.73. The second kappa shape index (κ2) is 9.70. The smallest absolute Gasteiger partial charge is 0.252 e. The van der Waals surface area contributed by atoms with E-state index >= 15 is 0 Å². The molecule has 1 saturated heterocycles. The van der Waals surface area contributed by atoms with Gasteiger partial charge in [-0.05, 0) is 43.2 Å². The molecule has 0 spiro atoms. The lowest BCUT2D eigenvalue weighted by Crippen LogP contribution is -2.40. The zero-order valence-electron chi connectivity index (χ0n) is 17.2. The standard InChI is InChI=1S/C20H21ClFN3O4S3/c1-29-11-10-25-15-3-2-14(22)12-16(15)30-20(25)23-19(26)13-6-8-24(9-7-13)32(27,28)18-5-4-17(21)31-18/h2-5,12-13H,6-11H2,1H3. The van der Waals surface area contributed by atoms with Crippen LogP contribution in [0, 0.1) is 11.7 Å². The molecule has 0 unspecified atom stereocenters. The minimum Gasteiger partial charge on any atom is -0.383 e. The van der Waals surface area contributed by atoms with Gasteiger partial charge in [0.05, 0.1) is 21.2 Å².